The zero-order valence-electron chi connectivity index (χ0n) is 16.7. The first-order chi connectivity index (χ1) is 14.1. The van der Waals surface area contributed by atoms with Gasteiger partial charge in [0, 0.05) is 36.7 Å². The maximum atomic E-state index is 6.19. The molecule has 2 aromatic carbocycles. The average molecular weight is 414 g/mol. The Kier molecular flexibility index (Phi) is 6.03. The summed E-state index contributed by atoms with van der Waals surface area (Å²) in [5.74, 6) is 2.07. The smallest absolute Gasteiger partial charge is 0.276 e. The van der Waals surface area contributed by atoms with Gasteiger partial charge in [-0.25, -0.2) is 0 Å². The Balaban J connectivity index is 1.30. The van der Waals surface area contributed by atoms with Crippen molar-refractivity contribution in [2.45, 2.75) is 17.6 Å². The SMILES string of the molecule is COc1ccc(-c2nnc(SC[C@H]3C[NH2+][C@@H](c4ccc(N(C)C)cc4)O3)o2)cc1. The van der Waals surface area contributed by atoms with Crippen LogP contribution in [-0.4, -0.2) is 49.8 Å². The number of hydrogen-bond acceptors (Lipinski definition) is 7. The number of aromatic nitrogens is 2. The minimum atomic E-state index is 0.0364. The van der Waals surface area contributed by atoms with Gasteiger partial charge in [0.15, 0.2) is 0 Å². The van der Waals surface area contributed by atoms with E-state index in [-0.39, 0.29) is 12.3 Å². The lowest BCUT2D eigenvalue weighted by atomic mass is 10.2. The lowest BCUT2D eigenvalue weighted by Crippen LogP contribution is -2.82. The fourth-order valence-electron chi connectivity index (χ4n) is 3.16. The number of rotatable bonds is 7. The highest BCUT2D eigenvalue weighted by Gasteiger charge is 2.30. The fourth-order valence-corrected chi connectivity index (χ4v) is 3.94. The molecule has 0 bridgehead atoms. The summed E-state index contributed by atoms with van der Waals surface area (Å²) in [4.78, 5) is 2.09. The van der Waals surface area contributed by atoms with E-state index in [1.165, 1.54) is 23.0 Å². The van der Waals surface area contributed by atoms with E-state index in [0.29, 0.717) is 11.1 Å². The fraction of sp³-hybridized carbons (Fsp3) is 0.333. The maximum absolute atomic E-state index is 6.19. The van der Waals surface area contributed by atoms with Crippen molar-refractivity contribution in [2.75, 3.05) is 38.4 Å². The third-order valence-corrected chi connectivity index (χ3v) is 5.78. The van der Waals surface area contributed by atoms with Crippen LogP contribution in [0.1, 0.15) is 11.8 Å². The van der Waals surface area contributed by atoms with E-state index in [4.69, 9.17) is 13.9 Å². The molecule has 4 rings (SSSR count). The molecule has 1 aliphatic rings. The summed E-state index contributed by atoms with van der Waals surface area (Å²) in [5, 5.41) is 11.1. The van der Waals surface area contributed by atoms with Crippen molar-refractivity contribution >= 4 is 17.4 Å². The van der Waals surface area contributed by atoms with E-state index in [2.05, 4.69) is 44.7 Å². The van der Waals surface area contributed by atoms with E-state index in [1.54, 1.807) is 7.11 Å². The molecule has 2 atom stereocenters. The highest BCUT2D eigenvalue weighted by molar-refractivity contribution is 7.99. The molecule has 0 amide bonds. The van der Waals surface area contributed by atoms with Gasteiger partial charge in [0.1, 0.15) is 18.4 Å². The highest BCUT2D eigenvalue weighted by Crippen LogP contribution is 2.27. The topological polar surface area (TPSA) is 77.2 Å². The van der Waals surface area contributed by atoms with Crippen LogP contribution in [0.25, 0.3) is 11.5 Å². The van der Waals surface area contributed by atoms with Gasteiger partial charge in [-0.3, -0.25) is 0 Å². The molecule has 8 heteroatoms. The van der Waals surface area contributed by atoms with Crippen LogP contribution < -0.4 is 15.0 Å². The van der Waals surface area contributed by atoms with Crippen LogP contribution in [0.15, 0.2) is 58.2 Å². The van der Waals surface area contributed by atoms with Crippen molar-refractivity contribution in [3.05, 3.63) is 54.1 Å². The Labute approximate surface area is 174 Å². The normalized spacial score (nSPS) is 18.7. The second-order valence-electron chi connectivity index (χ2n) is 7.05. The molecule has 0 spiro atoms. The largest absolute Gasteiger partial charge is 0.497 e. The number of nitrogens with two attached hydrogens (primary N) is 1. The number of hydrogen-bond donors (Lipinski definition) is 1. The molecule has 2 N–H and O–H groups in total. The van der Waals surface area contributed by atoms with Crippen molar-refractivity contribution < 1.29 is 19.2 Å². The molecular formula is C21H25N4O3S+. The van der Waals surface area contributed by atoms with Crippen molar-refractivity contribution in [2.24, 2.45) is 0 Å². The number of nitrogens with zero attached hydrogens (tertiary/aromatic N) is 3. The van der Waals surface area contributed by atoms with Gasteiger partial charge >= 0.3 is 0 Å². The average Bonchev–Trinajstić information content (AvgIpc) is 3.42. The first-order valence-corrected chi connectivity index (χ1v) is 10.5. The Morgan fingerprint density at radius 2 is 1.86 bits per heavy atom. The van der Waals surface area contributed by atoms with Gasteiger partial charge < -0.3 is 24.1 Å². The van der Waals surface area contributed by atoms with Crippen LogP contribution in [0, 0.1) is 0 Å². The molecule has 3 aromatic rings. The lowest BCUT2D eigenvalue weighted by Gasteiger charge is -2.14. The molecule has 7 nitrogen and oxygen atoms in total. The zero-order chi connectivity index (χ0) is 20.2. The Morgan fingerprint density at radius 1 is 1.10 bits per heavy atom. The number of benzene rings is 2. The van der Waals surface area contributed by atoms with Crippen molar-refractivity contribution in [1.82, 2.24) is 10.2 Å². The predicted molar refractivity (Wildman–Crippen MR) is 112 cm³/mol. The standard InChI is InChI=1S/C21H24N4O3S/c1-25(2)16-8-4-14(5-9-16)19-22-12-18(27-19)13-29-21-24-23-20(28-21)15-6-10-17(26-3)11-7-15/h4-11,18-19,22H,12-13H2,1-3H3/p+1/t18-,19-/m1/s1. The summed E-state index contributed by atoms with van der Waals surface area (Å²) in [6.45, 7) is 0.909. The molecule has 152 valence electrons. The number of quaternary nitrogens is 1. The third kappa shape index (κ3) is 4.72. The Hall–Kier alpha value is -2.55. The second kappa shape index (κ2) is 8.86. The summed E-state index contributed by atoms with van der Waals surface area (Å²) < 4.78 is 17.1. The van der Waals surface area contributed by atoms with Gasteiger partial charge in [0.05, 0.1) is 7.11 Å². The molecule has 29 heavy (non-hydrogen) atoms. The third-order valence-electron chi connectivity index (χ3n) is 4.83. The number of ether oxygens (including phenoxy) is 2. The first-order valence-electron chi connectivity index (χ1n) is 9.49. The summed E-state index contributed by atoms with van der Waals surface area (Å²) in [6, 6.07) is 16.1. The van der Waals surface area contributed by atoms with Crippen molar-refractivity contribution in [3.8, 4) is 17.2 Å². The summed E-state index contributed by atoms with van der Waals surface area (Å²) in [6.07, 6.45) is 0.171. The van der Waals surface area contributed by atoms with E-state index < -0.39 is 0 Å². The van der Waals surface area contributed by atoms with E-state index in [1.807, 2.05) is 38.4 Å². The Morgan fingerprint density at radius 3 is 2.55 bits per heavy atom. The van der Waals surface area contributed by atoms with Crippen molar-refractivity contribution in [3.63, 3.8) is 0 Å². The summed E-state index contributed by atoms with van der Waals surface area (Å²) in [5.41, 5.74) is 3.24. The van der Waals surface area contributed by atoms with E-state index in [9.17, 15) is 0 Å². The molecule has 0 aliphatic carbocycles. The number of methoxy groups -OCH3 is 1. The van der Waals surface area contributed by atoms with Gasteiger partial charge in [-0.2, -0.15) is 0 Å². The van der Waals surface area contributed by atoms with Crippen LogP contribution in [0.5, 0.6) is 5.75 Å². The van der Waals surface area contributed by atoms with E-state index in [0.717, 1.165) is 23.6 Å². The lowest BCUT2D eigenvalue weighted by molar-refractivity contribution is -0.697. The van der Waals surface area contributed by atoms with Gasteiger partial charge in [-0.15, -0.1) is 10.2 Å². The minimum absolute atomic E-state index is 0.0364. The van der Waals surface area contributed by atoms with Crippen LogP contribution in [0.4, 0.5) is 5.69 Å². The molecular weight excluding hydrogens is 388 g/mol. The van der Waals surface area contributed by atoms with Crippen LogP contribution in [0.2, 0.25) is 0 Å². The molecule has 1 saturated heterocycles. The molecule has 1 fully saturated rings. The predicted octanol–water partition coefficient (Wildman–Crippen LogP) is 2.56. The minimum Gasteiger partial charge on any atom is -0.497 e. The van der Waals surface area contributed by atoms with Gasteiger partial charge in [-0.1, -0.05) is 11.8 Å². The molecule has 0 radical (unpaired) electrons. The number of thioether (sulfide) groups is 1. The maximum Gasteiger partial charge on any atom is 0.276 e. The van der Waals surface area contributed by atoms with Gasteiger partial charge in [-0.05, 0) is 48.5 Å². The quantitative estimate of drug-likeness (QED) is 0.597. The van der Waals surface area contributed by atoms with Crippen LogP contribution >= 0.6 is 11.8 Å². The summed E-state index contributed by atoms with van der Waals surface area (Å²) >= 11 is 1.53. The monoisotopic (exact) mass is 413 g/mol. The summed E-state index contributed by atoms with van der Waals surface area (Å²) in [7, 11) is 5.72. The highest BCUT2D eigenvalue weighted by atomic mass is 32.2. The van der Waals surface area contributed by atoms with Gasteiger partial charge in [0.25, 0.3) is 5.22 Å². The second-order valence-corrected chi connectivity index (χ2v) is 8.02. The first kappa shape index (κ1) is 19.8. The van der Waals surface area contributed by atoms with Crippen molar-refractivity contribution in [1.29, 1.82) is 0 Å². The molecule has 2 heterocycles. The molecule has 1 aliphatic heterocycles. The van der Waals surface area contributed by atoms with Crippen LogP contribution in [0.3, 0.4) is 0 Å². The molecule has 0 saturated carbocycles. The number of anilines is 1. The molecule has 0 unspecified atom stereocenters. The molecule has 1 aromatic heterocycles. The van der Waals surface area contributed by atoms with E-state index >= 15 is 0 Å². The van der Waals surface area contributed by atoms with Crippen LogP contribution in [-0.2, 0) is 4.74 Å². The Bertz CT molecular complexity index is 928. The van der Waals surface area contributed by atoms with Gasteiger partial charge in [0.2, 0.25) is 12.1 Å². The zero-order valence-corrected chi connectivity index (χ0v) is 17.6.